The molecule has 2 aromatic heterocycles. The van der Waals surface area contributed by atoms with E-state index in [0.29, 0.717) is 18.5 Å². The van der Waals surface area contributed by atoms with Gasteiger partial charge in [-0.1, -0.05) is 26.2 Å². The van der Waals surface area contributed by atoms with Crippen molar-refractivity contribution in [3.8, 4) is 17.5 Å². The van der Waals surface area contributed by atoms with Crippen LogP contribution in [0.2, 0.25) is 0 Å². The fraction of sp³-hybridized carbons (Fsp3) is 0.500. The Balaban J connectivity index is 2.02. The van der Waals surface area contributed by atoms with E-state index in [2.05, 4.69) is 37.8 Å². The monoisotopic (exact) mass is 541 g/mol. The average Bonchev–Trinajstić information content (AvgIpc) is 3.32. The van der Waals surface area contributed by atoms with Crippen LogP contribution in [0.4, 0.5) is 27.9 Å². The summed E-state index contributed by atoms with van der Waals surface area (Å²) in [5.74, 6) is 0.0742. The van der Waals surface area contributed by atoms with Gasteiger partial charge in [0.1, 0.15) is 29.3 Å². The number of rotatable bonds is 10. The van der Waals surface area contributed by atoms with Gasteiger partial charge in [0.05, 0.1) is 17.9 Å². The number of nitrogens with one attached hydrogen (secondary N) is 2. The molecule has 2 N–H and O–H groups in total. The average molecular weight is 542 g/mol. The lowest BCUT2D eigenvalue weighted by Crippen LogP contribution is -2.36. The first-order valence-corrected chi connectivity index (χ1v) is 12.1. The Hall–Kier alpha value is -2.98. The Labute approximate surface area is 217 Å². The van der Waals surface area contributed by atoms with E-state index in [1.54, 1.807) is 0 Å². The van der Waals surface area contributed by atoms with Gasteiger partial charge in [0.15, 0.2) is 0 Å². The summed E-state index contributed by atoms with van der Waals surface area (Å²) < 4.78 is 73.0. The zero-order chi connectivity index (χ0) is 27.4. The van der Waals surface area contributed by atoms with Gasteiger partial charge in [-0.25, -0.2) is 23.7 Å². The number of halogens is 5. The van der Waals surface area contributed by atoms with E-state index in [0.717, 1.165) is 6.08 Å². The maximum Gasteiger partial charge on any atom is 0.412 e. The van der Waals surface area contributed by atoms with Gasteiger partial charge < -0.3 is 9.88 Å². The van der Waals surface area contributed by atoms with Crippen LogP contribution < -0.4 is 10.0 Å². The molecule has 2 aromatic rings. The minimum Gasteiger partial charge on any atom is -0.348 e. The number of thiol groups is 1. The van der Waals surface area contributed by atoms with E-state index in [9.17, 15) is 22.8 Å². The van der Waals surface area contributed by atoms with Crippen molar-refractivity contribution in [1.29, 1.82) is 5.26 Å². The second-order valence-electron chi connectivity index (χ2n) is 9.15. The Kier molecular flexibility index (Phi) is 8.96. The van der Waals surface area contributed by atoms with Gasteiger partial charge >= 0.3 is 6.18 Å². The minimum atomic E-state index is -4.52. The number of nitriles is 1. The van der Waals surface area contributed by atoms with E-state index in [4.69, 9.17) is 0 Å². The fourth-order valence-corrected chi connectivity index (χ4v) is 4.20. The molecule has 0 aliphatic heterocycles. The highest BCUT2D eigenvalue weighted by atomic mass is 32.1. The quantitative estimate of drug-likeness (QED) is 0.256. The molecule has 1 aliphatic rings. The van der Waals surface area contributed by atoms with Gasteiger partial charge in [0, 0.05) is 35.8 Å². The van der Waals surface area contributed by atoms with Gasteiger partial charge in [0.2, 0.25) is 5.95 Å². The number of allylic oxidation sites excluding steroid dienone is 4. The summed E-state index contributed by atoms with van der Waals surface area (Å²) in [6.07, 6.45) is 0.00966. The SMILES string of the molecule is CCCC(Nc1ncc(C(C)(C)F)c(-c2cn(C3=C(C#N)C=C(C(F)(F)F)CC3)cn2)n1)C(F)CNS. The van der Waals surface area contributed by atoms with Crippen molar-refractivity contribution < 1.29 is 22.0 Å². The fourth-order valence-electron chi connectivity index (χ4n) is 4.03. The molecule has 0 saturated heterocycles. The van der Waals surface area contributed by atoms with Crippen LogP contribution >= 0.6 is 12.8 Å². The first-order valence-electron chi connectivity index (χ1n) is 11.7. The van der Waals surface area contributed by atoms with Crippen LogP contribution in [-0.4, -0.2) is 44.5 Å². The Morgan fingerprint density at radius 2 is 1.95 bits per heavy atom. The largest absolute Gasteiger partial charge is 0.412 e. The molecule has 0 saturated carbocycles. The van der Waals surface area contributed by atoms with Crippen LogP contribution in [0.3, 0.4) is 0 Å². The van der Waals surface area contributed by atoms with E-state index < -0.39 is 29.6 Å². The summed E-state index contributed by atoms with van der Waals surface area (Å²) in [4.78, 5) is 12.9. The highest BCUT2D eigenvalue weighted by Crippen LogP contribution is 2.38. The lowest BCUT2D eigenvalue weighted by molar-refractivity contribution is -0.0940. The van der Waals surface area contributed by atoms with Crippen molar-refractivity contribution in [2.24, 2.45) is 0 Å². The van der Waals surface area contributed by atoms with Gasteiger partial charge in [-0.15, -0.1) is 0 Å². The van der Waals surface area contributed by atoms with Gasteiger partial charge in [-0.2, -0.15) is 18.4 Å². The van der Waals surface area contributed by atoms with Gasteiger partial charge in [0.25, 0.3) is 0 Å². The van der Waals surface area contributed by atoms with Gasteiger partial charge in [-0.05, 0) is 39.2 Å². The molecule has 37 heavy (non-hydrogen) atoms. The third-order valence-corrected chi connectivity index (χ3v) is 6.13. The molecule has 0 fully saturated rings. The Bertz CT molecular complexity index is 1210. The molecule has 0 aromatic carbocycles. The predicted molar refractivity (Wildman–Crippen MR) is 134 cm³/mol. The molecule has 2 unspecified atom stereocenters. The first-order chi connectivity index (χ1) is 17.4. The maximum atomic E-state index is 15.1. The van der Waals surface area contributed by atoms with Crippen LogP contribution in [0, 0.1) is 11.3 Å². The molecular formula is C24H28F5N7S. The van der Waals surface area contributed by atoms with E-state index >= 15 is 4.39 Å². The Morgan fingerprint density at radius 1 is 1.22 bits per heavy atom. The third-order valence-electron chi connectivity index (χ3n) is 5.95. The number of imidazole rings is 1. The molecule has 0 radical (unpaired) electrons. The Morgan fingerprint density at radius 3 is 2.54 bits per heavy atom. The standard InChI is InChI=1S/C24H28F5N7S/c1-4-5-18(17(25)11-33-37)34-22-31-10-16(23(2,3)26)21(35-22)19-12-36(13-32-19)20-7-6-15(24(27,28)29)8-14(20)9-30/h8,10,12-13,17-18,33,37H,4-7,11H2,1-3H3,(H,31,34,35). The number of hydrogen-bond acceptors (Lipinski definition) is 7. The van der Waals surface area contributed by atoms with Crippen LogP contribution in [-0.2, 0) is 5.67 Å². The summed E-state index contributed by atoms with van der Waals surface area (Å²) >= 11 is 3.85. The molecule has 0 bridgehead atoms. The summed E-state index contributed by atoms with van der Waals surface area (Å²) in [5.41, 5.74) is -1.93. The second kappa shape index (κ2) is 11.6. The first kappa shape index (κ1) is 28.6. The zero-order valence-corrected chi connectivity index (χ0v) is 21.5. The highest BCUT2D eigenvalue weighted by Gasteiger charge is 2.36. The topological polar surface area (TPSA) is 91.5 Å². The van der Waals surface area contributed by atoms with Crippen molar-refractivity contribution in [3.05, 3.63) is 41.5 Å². The van der Waals surface area contributed by atoms with Crippen LogP contribution in [0.25, 0.3) is 17.1 Å². The zero-order valence-electron chi connectivity index (χ0n) is 20.6. The van der Waals surface area contributed by atoms with Crippen molar-refractivity contribution >= 4 is 24.5 Å². The molecule has 200 valence electrons. The minimum absolute atomic E-state index is 0.00548. The van der Waals surface area contributed by atoms with Gasteiger partial charge in [-0.3, -0.25) is 4.72 Å². The predicted octanol–water partition coefficient (Wildman–Crippen LogP) is 5.91. The highest BCUT2D eigenvalue weighted by molar-refractivity contribution is 7.78. The second-order valence-corrected chi connectivity index (χ2v) is 9.47. The lowest BCUT2D eigenvalue weighted by Gasteiger charge is -2.23. The molecule has 7 nitrogen and oxygen atoms in total. The van der Waals surface area contributed by atoms with Crippen molar-refractivity contribution in [1.82, 2.24) is 24.2 Å². The molecule has 13 heteroatoms. The molecular weight excluding hydrogens is 513 g/mol. The van der Waals surface area contributed by atoms with Crippen molar-refractivity contribution in [2.75, 3.05) is 11.9 Å². The van der Waals surface area contributed by atoms with Crippen molar-refractivity contribution in [2.45, 2.75) is 70.5 Å². The number of nitrogens with zero attached hydrogens (tertiary/aromatic N) is 5. The molecule has 2 heterocycles. The van der Waals surface area contributed by atoms with Crippen LogP contribution in [0.1, 0.15) is 52.0 Å². The molecule has 1 aliphatic carbocycles. The third kappa shape index (κ3) is 6.87. The van der Waals surface area contributed by atoms with E-state index in [1.807, 2.05) is 13.0 Å². The molecule has 3 rings (SSSR count). The summed E-state index contributed by atoms with van der Waals surface area (Å²) in [6, 6.07) is 1.19. The molecule has 0 amide bonds. The molecule has 0 spiro atoms. The number of anilines is 1. The van der Waals surface area contributed by atoms with E-state index in [-0.39, 0.29) is 47.9 Å². The number of hydrogen-bond donors (Lipinski definition) is 3. The lowest BCUT2D eigenvalue weighted by atomic mass is 9.96. The van der Waals surface area contributed by atoms with Crippen molar-refractivity contribution in [3.63, 3.8) is 0 Å². The van der Waals surface area contributed by atoms with E-state index in [1.165, 1.54) is 37.1 Å². The number of aromatic nitrogens is 4. The van der Waals surface area contributed by atoms with Crippen LogP contribution in [0.5, 0.6) is 0 Å². The molecule has 2 atom stereocenters. The maximum absolute atomic E-state index is 15.1. The summed E-state index contributed by atoms with van der Waals surface area (Å²) in [7, 11) is 0. The number of alkyl halides is 5. The van der Waals surface area contributed by atoms with Crippen LogP contribution in [0.15, 0.2) is 35.9 Å². The summed E-state index contributed by atoms with van der Waals surface area (Å²) in [6.45, 7) is 4.56. The normalized spacial score (nSPS) is 16.3. The smallest absolute Gasteiger partial charge is 0.348 e. The summed E-state index contributed by atoms with van der Waals surface area (Å²) in [5, 5.41) is 12.4.